The number of nitrogens with one attached hydrogen (secondary N) is 1. The van der Waals surface area contributed by atoms with Gasteiger partial charge in [-0.3, -0.25) is 4.79 Å². The third-order valence-corrected chi connectivity index (χ3v) is 4.25. The molecule has 98 valence electrons. The average Bonchev–Trinajstić information content (AvgIpc) is 2.21. The molecule has 18 heavy (non-hydrogen) atoms. The van der Waals surface area contributed by atoms with E-state index in [0.717, 1.165) is 19.3 Å². The molecule has 1 aromatic carbocycles. The van der Waals surface area contributed by atoms with Gasteiger partial charge in [0.1, 0.15) is 0 Å². The molecule has 1 aliphatic rings. The number of hydrogen-bond donors (Lipinski definition) is 2. The monoisotopic (exact) mass is 332 g/mol. The largest absolute Gasteiger partial charge is 0.349 e. The van der Waals surface area contributed by atoms with Gasteiger partial charge in [0.25, 0.3) is 5.91 Å². The van der Waals surface area contributed by atoms with Crippen LogP contribution in [0.1, 0.15) is 29.6 Å². The summed E-state index contributed by atoms with van der Waals surface area (Å²) in [6, 6.07) is 4.43. The van der Waals surface area contributed by atoms with E-state index in [0.29, 0.717) is 10.0 Å². The summed E-state index contributed by atoms with van der Waals surface area (Å²) >= 11 is 3.17. The lowest BCUT2D eigenvalue weighted by Crippen LogP contribution is -2.39. The summed E-state index contributed by atoms with van der Waals surface area (Å²) in [5, 5.41) is 7.90. The highest BCUT2D eigenvalue weighted by Crippen LogP contribution is 2.21. The van der Waals surface area contributed by atoms with Crippen LogP contribution in [0.4, 0.5) is 0 Å². The van der Waals surface area contributed by atoms with Gasteiger partial charge in [0.15, 0.2) is 0 Å². The number of primary sulfonamides is 1. The number of benzene rings is 1. The van der Waals surface area contributed by atoms with Crippen molar-refractivity contribution in [2.45, 2.75) is 30.2 Å². The predicted molar refractivity (Wildman–Crippen MR) is 70.6 cm³/mol. The molecule has 3 N–H and O–H groups in total. The van der Waals surface area contributed by atoms with Crippen molar-refractivity contribution in [3.8, 4) is 0 Å². The smallest absolute Gasteiger partial charge is 0.251 e. The van der Waals surface area contributed by atoms with Crippen molar-refractivity contribution in [2.75, 3.05) is 0 Å². The Morgan fingerprint density at radius 3 is 2.50 bits per heavy atom. The molecule has 0 atom stereocenters. The highest BCUT2D eigenvalue weighted by atomic mass is 79.9. The van der Waals surface area contributed by atoms with E-state index in [1.807, 2.05) is 0 Å². The standard InChI is InChI=1S/C11H13BrN2O3S/c12-8-4-7(5-10(6-8)18(13,16)17)11(15)14-9-2-1-3-9/h4-6,9H,1-3H2,(H,14,15)(H2,13,16,17). The van der Waals surface area contributed by atoms with Crippen LogP contribution in [0, 0.1) is 0 Å². The van der Waals surface area contributed by atoms with E-state index in [2.05, 4.69) is 21.2 Å². The summed E-state index contributed by atoms with van der Waals surface area (Å²) in [5.74, 6) is -0.272. The van der Waals surface area contributed by atoms with Gasteiger partial charge in [0.2, 0.25) is 10.0 Å². The Balaban J connectivity index is 2.27. The van der Waals surface area contributed by atoms with Crippen LogP contribution in [0.3, 0.4) is 0 Å². The summed E-state index contributed by atoms with van der Waals surface area (Å²) < 4.78 is 23.1. The van der Waals surface area contributed by atoms with Crippen LogP contribution < -0.4 is 10.5 Å². The van der Waals surface area contributed by atoms with Gasteiger partial charge < -0.3 is 5.32 Å². The van der Waals surface area contributed by atoms with Crippen LogP contribution in [0.25, 0.3) is 0 Å². The van der Waals surface area contributed by atoms with Crippen LogP contribution in [0.5, 0.6) is 0 Å². The first kappa shape index (κ1) is 13.5. The Kier molecular flexibility index (Phi) is 3.74. The van der Waals surface area contributed by atoms with Crippen LogP contribution in [-0.4, -0.2) is 20.4 Å². The van der Waals surface area contributed by atoms with Gasteiger partial charge in [0, 0.05) is 16.1 Å². The quantitative estimate of drug-likeness (QED) is 0.876. The predicted octanol–water partition coefficient (Wildman–Crippen LogP) is 1.38. The number of nitrogens with two attached hydrogens (primary N) is 1. The number of carbonyl (C=O) groups is 1. The van der Waals surface area contributed by atoms with Gasteiger partial charge in [-0.15, -0.1) is 0 Å². The van der Waals surface area contributed by atoms with Gasteiger partial charge in [-0.05, 0) is 37.5 Å². The second kappa shape index (κ2) is 4.99. The summed E-state index contributed by atoms with van der Waals surface area (Å²) in [6.45, 7) is 0. The van der Waals surface area contributed by atoms with Crippen molar-refractivity contribution in [2.24, 2.45) is 5.14 Å². The molecule has 0 aliphatic heterocycles. The van der Waals surface area contributed by atoms with E-state index < -0.39 is 10.0 Å². The topological polar surface area (TPSA) is 89.3 Å². The molecular formula is C11H13BrN2O3S. The van der Waals surface area contributed by atoms with E-state index in [1.165, 1.54) is 12.1 Å². The zero-order chi connectivity index (χ0) is 13.3. The normalized spacial score (nSPS) is 16.1. The van der Waals surface area contributed by atoms with Crippen molar-refractivity contribution < 1.29 is 13.2 Å². The summed E-state index contributed by atoms with van der Waals surface area (Å²) in [5.41, 5.74) is 0.292. The molecule has 7 heteroatoms. The number of amides is 1. The van der Waals surface area contributed by atoms with Crippen molar-refractivity contribution in [1.82, 2.24) is 5.32 Å². The molecule has 0 aromatic heterocycles. The number of carbonyl (C=O) groups excluding carboxylic acids is 1. The van der Waals surface area contributed by atoms with Gasteiger partial charge in [-0.1, -0.05) is 15.9 Å². The molecule has 1 saturated carbocycles. The first-order valence-corrected chi connectivity index (χ1v) is 7.84. The minimum absolute atomic E-state index is 0.0735. The molecular weight excluding hydrogens is 320 g/mol. The molecule has 0 saturated heterocycles. The van der Waals surface area contributed by atoms with Crippen LogP contribution >= 0.6 is 15.9 Å². The highest BCUT2D eigenvalue weighted by Gasteiger charge is 2.21. The molecule has 0 bridgehead atoms. The molecule has 0 unspecified atom stereocenters. The Bertz CT molecular complexity index is 582. The Morgan fingerprint density at radius 2 is 2.00 bits per heavy atom. The van der Waals surface area contributed by atoms with E-state index in [1.54, 1.807) is 6.07 Å². The van der Waals surface area contributed by atoms with E-state index in [9.17, 15) is 13.2 Å². The second-order valence-corrected chi connectivity index (χ2v) is 6.80. The van der Waals surface area contributed by atoms with Gasteiger partial charge in [0.05, 0.1) is 4.90 Å². The second-order valence-electron chi connectivity index (χ2n) is 4.32. The fraction of sp³-hybridized carbons (Fsp3) is 0.364. The molecule has 0 radical (unpaired) electrons. The van der Waals surface area contributed by atoms with Gasteiger partial charge in [-0.2, -0.15) is 0 Å². The molecule has 1 aliphatic carbocycles. The van der Waals surface area contributed by atoms with E-state index in [-0.39, 0.29) is 16.8 Å². The first-order chi connectivity index (χ1) is 8.36. The van der Waals surface area contributed by atoms with Crippen LogP contribution in [0.15, 0.2) is 27.6 Å². The maximum absolute atomic E-state index is 11.9. The SMILES string of the molecule is NS(=O)(=O)c1cc(Br)cc(C(=O)NC2CCC2)c1. The zero-order valence-electron chi connectivity index (χ0n) is 9.52. The Labute approximate surface area is 114 Å². The fourth-order valence-corrected chi connectivity index (χ4v) is 2.91. The van der Waals surface area contributed by atoms with Crippen molar-refractivity contribution >= 4 is 31.9 Å². The average molecular weight is 333 g/mol. The summed E-state index contributed by atoms with van der Waals surface area (Å²) in [4.78, 5) is 11.8. The van der Waals surface area contributed by atoms with E-state index >= 15 is 0 Å². The highest BCUT2D eigenvalue weighted by molar-refractivity contribution is 9.10. The van der Waals surface area contributed by atoms with Crippen molar-refractivity contribution in [3.63, 3.8) is 0 Å². The van der Waals surface area contributed by atoms with Gasteiger partial charge >= 0.3 is 0 Å². The Hall–Kier alpha value is -0.920. The minimum atomic E-state index is -3.81. The maximum atomic E-state index is 11.9. The van der Waals surface area contributed by atoms with Crippen LogP contribution in [-0.2, 0) is 10.0 Å². The number of hydrogen-bond acceptors (Lipinski definition) is 3. The van der Waals surface area contributed by atoms with Gasteiger partial charge in [-0.25, -0.2) is 13.6 Å². The lowest BCUT2D eigenvalue weighted by molar-refractivity contribution is 0.0916. The first-order valence-electron chi connectivity index (χ1n) is 5.50. The number of rotatable bonds is 3. The summed E-state index contributed by atoms with van der Waals surface area (Å²) in [7, 11) is -3.81. The molecule has 1 fully saturated rings. The lowest BCUT2D eigenvalue weighted by Gasteiger charge is -2.26. The number of sulfonamides is 1. The fourth-order valence-electron chi connectivity index (χ4n) is 1.68. The number of halogens is 1. The molecule has 1 aromatic rings. The molecule has 0 spiro atoms. The minimum Gasteiger partial charge on any atom is -0.349 e. The maximum Gasteiger partial charge on any atom is 0.251 e. The summed E-state index contributed by atoms with van der Waals surface area (Å²) in [6.07, 6.45) is 3.06. The molecule has 1 amide bonds. The third-order valence-electron chi connectivity index (χ3n) is 2.90. The van der Waals surface area contributed by atoms with E-state index in [4.69, 9.17) is 5.14 Å². The van der Waals surface area contributed by atoms with Crippen molar-refractivity contribution in [1.29, 1.82) is 0 Å². The third kappa shape index (κ3) is 3.09. The Morgan fingerprint density at radius 1 is 1.33 bits per heavy atom. The zero-order valence-corrected chi connectivity index (χ0v) is 11.9. The van der Waals surface area contributed by atoms with Crippen LogP contribution in [0.2, 0.25) is 0 Å². The molecule has 0 heterocycles. The van der Waals surface area contributed by atoms with Crippen molar-refractivity contribution in [3.05, 3.63) is 28.2 Å². The molecule has 5 nitrogen and oxygen atoms in total. The molecule has 2 rings (SSSR count). The lowest BCUT2D eigenvalue weighted by atomic mass is 9.93.